The van der Waals surface area contributed by atoms with Crippen LogP contribution in [0.4, 0.5) is 5.82 Å². The van der Waals surface area contributed by atoms with Crippen molar-refractivity contribution in [1.82, 2.24) is 14.9 Å². The Kier molecular flexibility index (Phi) is 3.50. The maximum absolute atomic E-state index is 12.1. The van der Waals surface area contributed by atoms with Gasteiger partial charge in [-0.1, -0.05) is 11.9 Å². The number of hydrogen-bond donors (Lipinski definition) is 1. The van der Waals surface area contributed by atoms with Crippen molar-refractivity contribution in [2.45, 2.75) is 19.4 Å². The summed E-state index contributed by atoms with van der Waals surface area (Å²) in [6, 6.07) is 0.152. The molecule has 2 aromatic heterocycles. The van der Waals surface area contributed by atoms with Crippen molar-refractivity contribution in [3.05, 3.63) is 30.0 Å². The summed E-state index contributed by atoms with van der Waals surface area (Å²) in [6.07, 6.45) is 2.43. The third-order valence-corrected chi connectivity index (χ3v) is 4.57. The molecule has 1 aliphatic heterocycles. The van der Waals surface area contributed by atoms with Gasteiger partial charge in [-0.15, -0.1) is 0 Å². The minimum Gasteiger partial charge on any atom is -0.333 e. The molecule has 7 nitrogen and oxygen atoms in total. The van der Waals surface area contributed by atoms with E-state index in [-0.39, 0.29) is 30.7 Å². The third kappa shape index (κ3) is 2.84. The van der Waals surface area contributed by atoms with E-state index in [0.29, 0.717) is 35.9 Å². The SMILES string of the molecule is [2H]c1[nH]c2nc[nH+]c(N(C)[C@H]3CN(C(=O)C[N+]#[C-])CC[C@H]3C)c2c1[2H]. The molecule has 1 fully saturated rings. The standard InChI is InChI=1S/C16H20N6O/c1-11-5-7-22(14(23)8-17-2)9-13(11)21(3)16-12-4-6-18-15(12)19-10-20-16/h4,6,10-11,13H,5,7-9H2,1,3H3,(H,18,19,20)/p+1/t11-,13+/m1/s1/i4D,6D. The van der Waals surface area contributed by atoms with E-state index in [2.05, 4.69) is 26.7 Å². The zero-order valence-electron chi connectivity index (χ0n) is 15.3. The lowest BCUT2D eigenvalue weighted by Gasteiger charge is -2.39. The number of likely N-dealkylation sites (N-methyl/N-ethyl adjacent to an activating group) is 1. The molecule has 0 radical (unpaired) electrons. The van der Waals surface area contributed by atoms with Crippen molar-refractivity contribution in [2.24, 2.45) is 5.92 Å². The molecule has 7 heteroatoms. The fraction of sp³-hybridized carbons (Fsp3) is 0.500. The molecule has 0 aromatic carbocycles. The van der Waals surface area contributed by atoms with Gasteiger partial charge in [0.05, 0.1) is 22.4 Å². The Bertz CT molecular complexity index is 845. The summed E-state index contributed by atoms with van der Waals surface area (Å²) < 4.78 is 15.9. The molecule has 0 saturated carbocycles. The molecular formula is C16H21N6O+. The van der Waals surface area contributed by atoms with Crippen LogP contribution >= 0.6 is 0 Å². The molecule has 3 rings (SSSR count). The average Bonchev–Trinajstić information content (AvgIpc) is 2.89. The van der Waals surface area contributed by atoms with Crippen LogP contribution in [0.25, 0.3) is 15.9 Å². The van der Waals surface area contributed by atoms with Gasteiger partial charge in [0.15, 0.2) is 0 Å². The predicted molar refractivity (Wildman–Crippen MR) is 86.7 cm³/mol. The van der Waals surface area contributed by atoms with Crippen molar-refractivity contribution in [1.29, 1.82) is 0 Å². The first-order chi connectivity index (χ1) is 11.9. The van der Waals surface area contributed by atoms with Gasteiger partial charge in [-0.25, -0.2) is 11.6 Å². The van der Waals surface area contributed by atoms with Gasteiger partial charge in [-0.3, -0.25) is 9.69 Å². The molecule has 120 valence electrons. The number of aromatic nitrogens is 3. The first-order valence-electron chi connectivity index (χ1n) is 8.63. The number of likely N-dealkylation sites (tertiary alicyclic amines) is 1. The van der Waals surface area contributed by atoms with E-state index < -0.39 is 0 Å². The second kappa shape index (κ2) is 6.24. The van der Waals surface area contributed by atoms with Crippen molar-refractivity contribution < 1.29 is 12.5 Å². The van der Waals surface area contributed by atoms with Crippen LogP contribution in [-0.4, -0.2) is 53.5 Å². The molecule has 1 saturated heterocycles. The first-order valence-corrected chi connectivity index (χ1v) is 7.63. The van der Waals surface area contributed by atoms with Gasteiger partial charge in [0.1, 0.15) is 5.39 Å². The molecule has 0 aliphatic carbocycles. The predicted octanol–water partition coefficient (Wildman–Crippen LogP) is 0.969. The van der Waals surface area contributed by atoms with E-state index in [1.807, 2.05) is 11.9 Å². The van der Waals surface area contributed by atoms with Crippen molar-refractivity contribution in [2.75, 3.05) is 31.6 Å². The number of anilines is 1. The Balaban J connectivity index is 1.93. The van der Waals surface area contributed by atoms with Crippen molar-refractivity contribution >= 4 is 22.8 Å². The highest BCUT2D eigenvalue weighted by Gasteiger charge is 2.35. The molecule has 0 bridgehead atoms. The van der Waals surface area contributed by atoms with Crippen molar-refractivity contribution in [3.63, 3.8) is 0 Å². The number of rotatable bonds is 3. The van der Waals surface area contributed by atoms with Gasteiger partial charge < -0.3 is 14.7 Å². The lowest BCUT2D eigenvalue weighted by Crippen LogP contribution is -2.54. The summed E-state index contributed by atoms with van der Waals surface area (Å²) in [7, 11) is 1.92. The number of amides is 1. The number of piperidine rings is 1. The zero-order chi connectivity index (χ0) is 18.1. The fourth-order valence-electron chi connectivity index (χ4n) is 3.16. The summed E-state index contributed by atoms with van der Waals surface area (Å²) in [5.41, 5.74) is 0.500. The lowest BCUT2D eigenvalue weighted by atomic mass is 9.92. The summed E-state index contributed by atoms with van der Waals surface area (Å²) in [5, 5.41) is 0.576. The van der Waals surface area contributed by atoms with Gasteiger partial charge in [0.25, 0.3) is 6.54 Å². The number of H-pyrrole nitrogens is 2. The van der Waals surface area contributed by atoms with Gasteiger partial charge in [0, 0.05) is 12.7 Å². The number of fused-ring (bicyclic) bond motifs is 1. The van der Waals surface area contributed by atoms with Crippen molar-refractivity contribution in [3.8, 4) is 0 Å². The minimum atomic E-state index is -0.138. The summed E-state index contributed by atoms with van der Waals surface area (Å²) in [6.45, 7) is 10.1. The molecule has 2 atom stereocenters. The van der Waals surface area contributed by atoms with E-state index in [1.165, 1.54) is 0 Å². The molecular weight excluding hydrogens is 292 g/mol. The number of nitrogens with one attached hydrogen (secondary N) is 2. The quantitative estimate of drug-likeness (QED) is 0.858. The van der Waals surface area contributed by atoms with Gasteiger partial charge in [-0.2, -0.15) is 0 Å². The van der Waals surface area contributed by atoms with E-state index in [0.717, 1.165) is 6.42 Å². The third-order valence-electron chi connectivity index (χ3n) is 4.57. The van der Waals surface area contributed by atoms with Crippen LogP contribution < -0.4 is 9.88 Å². The topological polar surface area (TPSA) is 70.7 Å². The monoisotopic (exact) mass is 315 g/mol. The number of aromatic amines is 2. The molecule has 0 unspecified atom stereocenters. The number of hydrogen-bond acceptors (Lipinski definition) is 3. The zero-order valence-corrected chi connectivity index (χ0v) is 13.3. The molecule has 1 amide bonds. The normalized spacial score (nSPS) is 22.4. The van der Waals surface area contributed by atoms with Crippen LogP contribution in [-0.2, 0) is 4.79 Å². The van der Waals surface area contributed by atoms with Crippen LogP contribution in [0.2, 0.25) is 0 Å². The molecule has 2 aromatic rings. The van der Waals surface area contributed by atoms with Crippen LogP contribution in [0.3, 0.4) is 0 Å². The summed E-state index contributed by atoms with van der Waals surface area (Å²) in [5.74, 6) is 0.920. The van der Waals surface area contributed by atoms with Crippen LogP contribution in [0.1, 0.15) is 16.1 Å². The Morgan fingerprint density at radius 3 is 3.35 bits per heavy atom. The smallest absolute Gasteiger partial charge is 0.302 e. The first kappa shape index (κ1) is 12.9. The van der Waals surface area contributed by atoms with Gasteiger partial charge in [0.2, 0.25) is 17.8 Å². The second-order valence-corrected chi connectivity index (χ2v) is 5.95. The number of nitrogens with zero attached hydrogens (tertiary/aromatic N) is 4. The highest BCUT2D eigenvalue weighted by Crippen LogP contribution is 2.27. The second-order valence-electron chi connectivity index (χ2n) is 5.95. The Morgan fingerprint density at radius 2 is 2.57 bits per heavy atom. The van der Waals surface area contributed by atoms with Crippen LogP contribution in [0.15, 0.2) is 18.5 Å². The Labute approximate surface area is 137 Å². The van der Waals surface area contributed by atoms with Gasteiger partial charge in [-0.05, 0) is 18.4 Å². The van der Waals surface area contributed by atoms with Gasteiger partial charge >= 0.3 is 5.91 Å². The van der Waals surface area contributed by atoms with E-state index in [1.54, 1.807) is 11.2 Å². The molecule has 2 N–H and O–H groups in total. The fourth-order valence-corrected chi connectivity index (χ4v) is 3.16. The Morgan fingerprint density at radius 1 is 1.74 bits per heavy atom. The van der Waals surface area contributed by atoms with E-state index in [9.17, 15) is 4.79 Å². The van der Waals surface area contributed by atoms with Crippen LogP contribution in [0, 0.1) is 12.5 Å². The highest BCUT2D eigenvalue weighted by atomic mass is 16.2. The molecule has 1 aliphatic rings. The summed E-state index contributed by atoms with van der Waals surface area (Å²) >= 11 is 0. The molecule has 0 spiro atoms. The number of carbonyl (C=O) groups is 1. The Hall–Kier alpha value is -2.62. The average molecular weight is 315 g/mol. The maximum Gasteiger partial charge on any atom is 0.302 e. The molecule has 23 heavy (non-hydrogen) atoms. The molecule has 3 heterocycles. The minimum absolute atomic E-state index is 0.0299. The lowest BCUT2D eigenvalue weighted by molar-refractivity contribution is -0.367. The summed E-state index contributed by atoms with van der Waals surface area (Å²) in [4.78, 5) is 29.1. The highest BCUT2D eigenvalue weighted by molar-refractivity contribution is 5.85. The van der Waals surface area contributed by atoms with E-state index >= 15 is 0 Å². The van der Waals surface area contributed by atoms with E-state index in [4.69, 9.17) is 9.31 Å². The number of carbonyl (C=O) groups excluding carboxylic acids is 1. The largest absolute Gasteiger partial charge is 0.333 e. The van der Waals surface area contributed by atoms with Crippen LogP contribution in [0.5, 0.6) is 0 Å². The maximum atomic E-state index is 12.1.